The van der Waals surface area contributed by atoms with Gasteiger partial charge in [-0.25, -0.2) is 5.43 Å². The van der Waals surface area contributed by atoms with Gasteiger partial charge in [-0.3, -0.25) is 9.78 Å². The molecule has 0 saturated heterocycles. The average Bonchev–Trinajstić information content (AvgIpc) is 2.50. The molecule has 9 heteroatoms. The van der Waals surface area contributed by atoms with Crippen molar-refractivity contribution in [3.8, 4) is 11.5 Å². The highest BCUT2D eigenvalue weighted by Crippen LogP contribution is 2.35. The molecule has 116 valence electrons. The first-order valence-electron chi connectivity index (χ1n) is 6.35. The first-order chi connectivity index (χ1) is 10.6. The topological polar surface area (TPSA) is 101 Å². The van der Waals surface area contributed by atoms with Crippen molar-refractivity contribution in [2.45, 2.75) is 6.92 Å². The molecule has 0 aliphatic rings. The van der Waals surface area contributed by atoms with Crippen LogP contribution in [-0.4, -0.2) is 35.1 Å². The molecule has 0 aliphatic carbocycles. The van der Waals surface area contributed by atoms with Gasteiger partial charge < -0.3 is 9.47 Å². The zero-order chi connectivity index (χ0) is 15.9. The van der Waals surface area contributed by atoms with Crippen molar-refractivity contribution < 1.29 is 9.47 Å². The van der Waals surface area contributed by atoms with E-state index in [1.807, 2.05) is 6.92 Å². The zero-order valence-electron chi connectivity index (χ0n) is 12.0. The molecule has 1 aromatic carbocycles. The summed E-state index contributed by atoms with van der Waals surface area (Å²) in [4.78, 5) is 13.5. The summed E-state index contributed by atoms with van der Waals surface area (Å²) in [7, 11) is 1.53. The Balaban J connectivity index is 2.17. The fraction of sp³-hybridized carbons (Fsp3) is 0.231. The minimum absolute atomic E-state index is 0.132. The molecule has 0 atom stereocenters. The minimum atomic E-state index is -0.376. The van der Waals surface area contributed by atoms with Gasteiger partial charge in [0.2, 0.25) is 5.95 Å². The molecule has 0 radical (unpaired) electrons. The van der Waals surface area contributed by atoms with Gasteiger partial charge >= 0.3 is 0 Å². The third kappa shape index (κ3) is 3.95. The SMILES string of the molecule is CCOc1c(Cl)cc(/C=N/Nc2nncc(=O)[nH]2)cc1OC. The molecule has 22 heavy (non-hydrogen) atoms. The van der Waals surface area contributed by atoms with Gasteiger partial charge in [-0.15, -0.1) is 10.2 Å². The Bertz CT molecular complexity index is 732. The maximum atomic E-state index is 11.1. The number of aromatic nitrogens is 3. The van der Waals surface area contributed by atoms with Crippen LogP contribution in [0.25, 0.3) is 0 Å². The van der Waals surface area contributed by atoms with Gasteiger partial charge in [0.05, 0.1) is 25.0 Å². The van der Waals surface area contributed by atoms with Crippen LogP contribution >= 0.6 is 11.6 Å². The third-order valence-electron chi connectivity index (χ3n) is 2.50. The summed E-state index contributed by atoms with van der Waals surface area (Å²) in [5.74, 6) is 1.12. The standard InChI is InChI=1S/C13H14ClN5O3/c1-3-22-12-9(14)4-8(5-10(12)21-2)6-15-18-13-17-11(20)7-16-19-13/h4-7H,3H2,1-2H3,(H2,17,18,19,20)/b15-6+. The summed E-state index contributed by atoms with van der Waals surface area (Å²) >= 11 is 6.15. The van der Waals surface area contributed by atoms with E-state index in [1.165, 1.54) is 13.3 Å². The number of nitrogens with one attached hydrogen (secondary N) is 2. The van der Waals surface area contributed by atoms with Crippen LogP contribution in [0.4, 0.5) is 5.95 Å². The van der Waals surface area contributed by atoms with Gasteiger partial charge in [0.15, 0.2) is 11.5 Å². The van der Waals surface area contributed by atoms with Crippen LogP contribution in [0, 0.1) is 0 Å². The second-order valence-electron chi connectivity index (χ2n) is 4.02. The molecular weight excluding hydrogens is 310 g/mol. The number of H-pyrrole nitrogens is 1. The van der Waals surface area contributed by atoms with Crippen molar-refractivity contribution >= 4 is 23.8 Å². The summed E-state index contributed by atoms with van der Waals surface area (Å²) in [6.45, 7) is 2.34. The number of hydrogen-bond acceptors (Lipinski definition) is 7. The van der Waals surface area contributed by atoms with Crippen LogP contribution in [0.5, 0.6) is 11.5 Å². The van der Waals surface area contributed by atoms with Crippen molar-refractivity contribution in [2.75, 3.05) is 19.1 Å². The number of benzene rings is 1. The Hall–Kier alpha value is -2.61. The van der Waals surface area contributed by atoms with E-state index in [4.69, 9.17) is 21.1 Å². The lowest BCUT2D eigenvalue weighted by Crippen LogP contribution is -2.10. The summed E-state index contributed by atoms with van der Waals surface area (Å²) < 4.78 is 10.7. The molecule has 0 amide bonds. The highest BCUT2D eigenvalue weighted by Gasteiger charge is 2.10. The highest BCUT2D eigenvalue weighted by molar-refractivity contribution is 6.32. The molecule has 1 aromatic heterocycles. The minimum Gasteiger partial charge on any atom is -0.493 e. The number of nitrogens with zero attached hydrogens (tertiary/aromatic N) is 3. The Kier molecular flexibility index (Phi) is 5.31. The molecule has 0 unspecified atom stereocenters. The second-order valence-corrected chi connectivity index (χ2v) is 4.43. The van der Waals surface area contributed by atoms with Crippen molar-refractivity contribution in [3.63, 3.8) is 0 Å². The van der Waals surface area contributed by atoms with Gasteiger partial charge in [-0.1, -0.05) is 11.6 Å². The number of aromatic amines is 1. The Morgan fingerprint density at radius 2 is 2.32 bits per heavy atom. The number of hydrazone groups is 1. The number of hydrogen-bond donors (Lipinski definition) is 2. The number of methoxy groups -OCH3 is 1. The number of anilines is 1. The normalized spacial score (nSPS) is 10.7. The fourth-order valence-electron chi connectivity index (χ4n) is 1.63. The maximum Gasteiger partial charge on any atom is 0.271 e. The van der Waals surface area contributed by atoms with Crippen LogP contribution in [-0.2, 0) is 0 Å². The first kappa shape index (κ1) is 15.8. The van der Waals surface area contributed by atoms with E-state index >= 15 is 0 Å². The van der Waals surface area contributed by atoms with E-state index in [9.17, 15) is 4.79 Å². The van der Waals surface area contributed by atoms with Crippen LogP contribution in [0.3, 0.4) is 0 Å². The fourth-order valence-corrected chi connectivity index (χ4v) is 1.90. The molecule has 0 bridgehead atoms. The quantitative estimate of drug-likeness (QED) is 0.619. The number of ether oxygens (including phenoxy) is 2. The van der Waals surface area contributed by atoms with Crippen molar-refractivity contribution in [1.29, 1.82) is 0 Å². The van der Waals surface area contributed by atoms with E-state index in [1.54, 1.807) is 12.1 Å². The van der Waals surface area contributed by atoms with E-state index < -0.39 is 0 Å². The molecule has 2 N–H and O–H groups in total. The van der Waals surface area contributed by atoms with Crippen LogP contribution in [0.15, 0.2) is 28.2 Å². The molecule has 0 saturated carbocycles. The van der Waals surface area contributed by atoms with Gasteiger partial charge in [0.25, 0.3) is 5.56 Å². The van der Waals surface area contributed by atoms with Crippen LogP contribution in [0.1, 0.15) is 12.5 Å². The third-order valence-corrected chi connectivity index (χ3v) is 2.78. The van der Waals surface area contributed by atoms with Crippen molar-refractivity contribution in [1.82, 2.24) is 15.2 Å². The number of halogens is 1. The predicted octanol–water partition coefficient (Wildman–Crippen LogP) is 1.67. The van der Waals surface area contributed by atoms with Crippen LogP contribution < -0.4 is 20.5 Å². The van der Waals surface area contributed by atoms with Crippen molar-refractivity contribution in [2.24, 2.45) is 5.10 Å². The molecule has 2 aromatic rings. The first-order valence-corrected chi connectivity index (χ1v) is 6.73. The molecule has 0 spiro atoms. The smallest absolute Gasteiger partial charge is 0.271 e. The van der Waals surface area contributed by atoms with E-state index in [0.29, 0.717) is 28.7 Å². The molecule has 0 fully saturated rings. The van der Waals surface area contributed by atoms with Gasteiger partial charge in [0, 0.05) is 0 Å². The lowest BCUT2D eigenvalue weighted by molar-refractivity contribution is 0.311. The van der Waals surface area contributed by atoms with Crippen molar-refractivity contribution in [3.05, 3.63) is 39.3 Å². The maximum absolute atomic E-state index is 11.1. The summed E-state index contributed by atoms with van der Waals surface area (Å²) in [5, 5.41) is 11.5. The monoisotopic (exact) mass is 323 g/mol. The van der Waals surface area contributed by atoms with E-state index in [0.717, 1.165) is 6.20 Å². The predicted molar refractivity (Wildman–Crippen MR) is 83.0 cm³/mol. The second kappa shape index (κ2) is 7.41. The summed E-state index contributed by atoms with van der Waals surface area (Å²) in [6.07, 6.45) is 2.56. The molecule has 8 nitrogen and oxygen atoms in total. The summed E-state index contributed by atoms with van der Waals surface area (Å²) in [6, 6.07) is 3.40. The van der Waals surface area contributed by atoms with Crippen LogP contribution in [0.2, 0.25) is 5.02 Å². The lowest BCUT2D eigenvalue weighted by atomic mass is 10.2. The van der Waals surface area contributed by atoms with E-state index in [2.05, 4.69) is 25.7 Å². The highest BCUT2D eigenvalue weighted by atomic mass is 35.5. The van der Waals surface area contributed by atoms with Gasteiger partial charge in [-0.2, -0.15) is 5.10 Å². The van der Waals surface area contributed by atoms with Gasteiger partial charge in [-0.05, 0) is 24.6 Å². The molecule has 1 heterocycles. The summed E-state index contributed by atoms with van der Waals surface area (Å²) in [5.41, 5.74) is 2.86. The average molecular weight is 324 g/mol. The molecule has 0 aliphatic heterocycles. The molecular formula is C13H14ClN5O3. The lowest BCUT2D eigenvalue weighted by Gasteiger charge is -2.11. The largest absolute Gasteiger partial charge is 0.493 e. The zero-order valence-corrected chi connectivity index (χ0v) is 12.7. The van der Waals surface area contributed by atoms with Gasteiger partial charge in [0.1, 0.15) is 6.20 Å². The number of rotatable bonds is 6. The molecule has 2 rings (SSSR count). The van der Waals surface area contributed by atoms with E-state index in [-0.39, 0.29) is 11.5 Å². The Morgan fingerprint density at radius 1 is 1.50 bits per heavy atom. The Labute approximate surface area is 131 Å². The Morgan fingerprint density at radius 3 is 3.00 bits per heavy atom.